The molecule has 2 atom stereocenters. The summed E-state index contributed by atoms with van der Waals surface area (Å²) in [5.74, 6) is 0.491. The van der Waals surface area contributed by atoms with Crippen LogP contribution in [-0.4, -0.2) is 18.5 Å². The average Bonchev–Trinajstić information content (AvgIpc) is 2.70. The number of hydrogen-bond donors (Lipinski definition) is 1. The fraction of sp³-hybridized carbons (Fsp3) is 0.400. The van der Waals surface area contributed by atoms with Gasteiger partial charge in [0.25, 0.3) is 0 Å². The maximum atomic E-state index is 5.92. The zero-order valence-electron chi connectivity index (χ0n) is 7.84. The lowest BCUT2D eigenvalue weighted by molar-refractivity contribution is 0.0528. The highest BCUT2D eigenvalue weighted by Gasteiger charge is 2.25. The monoisotopic (exact) mass is 265 g/mol. The first-order chi connectivity index (χ1) is 7.20. The molecule has 1 aromatic carbocycles. The summed E-state index contributed by atoms with van der Waals surface area (Å²) in [4.78, 5) is 0. The standard InChI is InChI=1S/C10H10Cl3NO/c11-4-7-5-14-10(15-7)6-1-2-8(12)9(13)3-6/h1-3,7,10,14H,4-5H2/t7-,10-/m0/s1. The molecular formula is C10H10Cl3NO. The predicted molar refractivity (Wildman–Crippen MR) is 62.8 cm³/mol. The van der Waals surface area contributed by atoms with Crippen LogP contribution in [0.4, 0.5) is 0 Å². The van der Waals surface area contributed by atoms with E-state index in [2.05, 4.69) is 5.32 Å². The third kappa shape index (κ3) is 2.58. The summed E-state index contributed by atoms with van der Waals surface area (Å²) in [6.45, 7) is 0.758. The van der Waals surface area contributed by atoms with Gasteiger partial charge in [-0.25, -0.2) is 0 Å². The second-order valence-electron chi connectivity index (χ2n) is 3.37. The Morgan fingerprint density at radius 3 is 2.73 bits per heavy atom. The molecule has 5 heteroatoms. The van der Waals surface area contributed by atoms with E-state index in [-0.39, 0.29) is 12.3 Å². The molecule has 0 bridgehead atoms. The van der Waals surface area contributed by atoms with Gasteiger partial charge in [0.1, 0.15) is 6.23 Å². The minimum Gasteiger partial charge on any atom is -0.353 e. The lowest BCUT2D eigenvalue weighted by Gasteiger charge is -2.12. The van der Waals surface area contributed by atoms with Crippen LogP contribution in [-0.2, 0) is 4.74 Å². The van der Waals surface area contributed by atoms with Gasteiger partial charge in [0.05, 0.1) is 16.1 Å². The number of hydrogen-bond acceptors (Lipinski definition) is 2. The van der Waals surface area contributed by atoms with Gasteiger partial charge in [-0.15, -0.1) is 11.6 Å². The zero-order valence-corrected chi connectivity index (χ0v) is 10.1. The second-order valence-corrected chi connectivity index (χ2v) is 4.50. The smallest absolute Gasteiger partial charge is 0.134 e. The molecule has 1 saturated heterocycles. The average molecular weight is 267 g/mol. The van der Waals surface area contributed by atoms with Crippen molar-refractivity contribution < 1.29 is 4.74 Å². The van der Waals surface area contributed by atoms with Gasteiger partial charge in [-0.05, 0) is 17.7 Å². The van der Waals surface area contributed by atoms with Gasteiger partial charge < -0.3 is 4.74 Å². The van der Waals surface area contributed by atoms with E-state index >= 15 is 0 Å². The van der Waals surface area contributed by atoms with Gasteiger partial charge >= 0.3 is 0 Å². The summed E-state index contributed by atoms with van der Waals surface area (Å²) in [5.41, 5.74) is 0.969. The quantitative estimate of drug-likeness (QED) is 0.830. The molecule has 1 fully saturated rings. The highest BCUT2D eigenvalue weighted by molar-refractivity contribution is 6.42. The summed E-state index contributed by atoms with van der Waals surface area (Å²) in [5, 5.41) is 4.30. The molecule has 1 aliphatic rings. The fourth-order valence-corrected chi connectivity index (χ4v) is 1.98. The Balaban J connectivity index is 2.13. The largest absolute Gasteiger partial charge is 0.353 e. The Labute approximate surface area is 103 Å². The first kappa shape index (κ1) is 11.5. The molecule has 1 N–H and O–H groups in total. The van der Waals surface area contributed by atoms with Crippen LogP contribution in [0.15, 0.2) is 18.2 Å². The molecule has 0 spiro atoms. The highest BCUT2D eigenvalue weighted by atomic mass is 35.5. The van der Waals surface area contributed by atoms with Crippen molar-refractivity contribution in [2.24, 2.45) is 0 Å². The van der Waals surface area contributed by atoms with Crippen molar-refractivity contribution in [1.82, 2.24) is 5.32 Å². The minimum atomic E-state index is -0.136. The van der Waals surface area contributed by atoms with E-state index in [9.17, 15) is 0 Å². The molecule has 0 amide bonds. The molecule has 2 nitrogen and oxygen atoms in total. The number of nitrogens with one attached hydrogen (secondary N) is 1. The van der Waals surface area contributed by atoms with Crippen LogP contribution in [0.5, 0.6) is 0 Å². The number of halogens is 3. The van der Waals surface area contributed by atoms with Crippen LogP contribution in [0.2, 0.25) is 10.0 Å². The van der Waals surface area contributed by atoms with Crippen LogP contribution in [0.25, 0.3) is 0 Å². The van der Waals surface area contributed by atoms with Crippen LogP contribution in [0.3, 0.4) is 0 Å². The van der Waals surface area contributed by atoms with Crippen LogP contribution in [0, 0.1) is 0 Å². The van der Waals surface area contributed by atoms with Crippen LogP contribution < -0.4 is 5.32 Å². The van der Waals surface area contributed by atoms with E-state index in [1.165, 1.54) is 0 Å². The number of ether oxygens (including phenoxy) is 1. The van der Waals surface area contributed by atoms with Crippen molar-refractivity contribution in [2.75, 3.05) is 12.4 Å². The van der Waals surface area contributed by atoms with Crippen molar-refractivity contribution in [3.8, 4) is 0 Å². The summed E-state index contributed by atoms with van der Waals surface area (Å²) >= 11 is 17.5. The van der Waals surface area contributed by atoms with Crippen LogP contribution in [0.1, 0.15) is 11.8 Å². The lowest BCUT2D eigenvalue weighted by atomic mass is 10.2. The third-order valence-corrected chi connectivity index (χ3v) is 3.36. The highest BCUT2D eigenvalue weighted by Crippen LogP contribution is 2.28. The van der Waals surface area contributed by atoms with Crippen molar-refractivity contribution in [3.05, 3.63) is 33.8 Å². The molecular weight excluding hydrogens is 256 g/mol. The van der Waals surface area contributed by atoms with Gasteiger partial charge in [0, 0.05) is 12.4 Å². The molecule has 0 aliphatic carbocycles. The third-order valence-electron chi connectivity index (χ3n) is 2.28. The molecule has 2 rings (SSSR count). The van der Waals surface area contributed by atoms with Crippen molar-refractivity contribution in [3.63, 3.8) is 0 Å². The van der Waals surface area contributed by atoms with E-state index in [4.69, 9.17) is 39.5 Å². The maximum Gasteiger partial charge on any atom is 0.134 e. The lowest BCUT2D eigenvalue weighted by Crippen LogP contribution is -2.15. The van der Waals surface area contributed by atoms with Gasteiger partial charge in [0.15, 0.2) is 0 Å². The fourth-order valence-electron chi connectivity index (χ4n) is 1.49. The normalized spacial score (nSPS) is 25.8. The van der Waals surface area contributed by atoms with Gasteiger partial charge in [-0.2, -0.15) is 0 Å². The molecule has 0 saturated carbocycles. The summed E-state index contributed by atoms with van der Waals surface area (Å²) in [6, 6.07) is 5.46. The van der Waals surface area contributed by atoms with E-state index in [0.717, 1.165) is 12.1 Å². The summed E-state index contributed by atoms with van der Waals surface area (Å²) in [7, 11) is 0. The van der Waals surface area contributed by atoms with Crippen LogP contribution >= 0.6 is 34.8 Å². The topological polar surface area (TPSA) is 21.3 Å². The Morgan fingerprint density at radius 1 is 1.33 bits per heavy atom. The van der Waals surface area contributed by atoms with Gasteiger partial charge in [-0.3, -0.25) is 5.32 Å². The predicted octanol–water partition coefficient (Wildman–Crippen LogP) is 3.22. The molecule has 0 aromatic heterocycles. The Kier molecular flexibility index (Phi) is 3.75. The summed E-state index contributed by atoms with van der Waals surface area (Å²) in [6.07, 6.45) is -0.0744. The maximum absolute atomic E-state index is 5.92. The molecule has 1 heterocycles. The second kappa shape index (κ2) is 4.89. The van der Waals surface area contributed by atoms with Crippen molar-refractivity contribution in [1.29, 1.82) is 0 Å². The number of benzene rings is 1. The van der Waals surface area contributed by atoms with E-state index in [1.54, 1.807) is 12.1 Å². The Hall–Kier alpha value is 0.01000. The minimum absolute atomic E-state index is 0.0612. The molecule has 0 unspecified atom stereocenters. The first-order valence-electron chi connectivity index (χ1n) is 4.60. The van der Waals surface area contributed by atoms with E-state index < -0.39 is 0 Å². The number of alkyl halides is 1. The van der Waals surface area contributed by atoms with Crippen molar-refractivity contribution >= 4 is 34.8 Å². The molecule has 15 heavy (non-hydrogen) atoms. The Bertz CT molecular complexity index is 359. The molecule has 0 radical (unpaired) electrons. The SMILES string of the molecule is ClC[C@H]1CN[C@H](c2ccc(Cl)c(Cl)c2)O1. The Morgan fingerprint density at radius 2 is 2.13 bits per heavy atom. The van der Waals surface area contributed by atoms with Gasteiger partial charge in [0.2, 0.25) is 0 Å². The molecule has 1 aliphatic heterocycles. The summed E-state index contributed by atoms with van der Waals surface area (Å²) < 4.78 is 5.65. The molecule has 1 aromatic rings. The zero-order chi connectivity index (χ0) is 10.8. The number of rotatable bonds is 2. The van der Waals surface area contributed by atoms with E-state index in [1.807, 2.05) is 6.07 Å². The molecule has 82 valence electrons. The van der Waals surface area contributed by atoms with E-state index in [0.29, 0.717) is 15.9 Å². The van der Waals surface area contributed by atoms with Gasteiger partial charge in [-0.1, -0.05) is 29.3 Å². The van der Waals surface area contributed by atoms with Crippen molar-refractivity contribution in [2.45, 2.75) is 12.3 Å². The first-order valence-corrected chi connectivity index (χ1v) is 5.89.